The van der Waals surface area contributed by atoms with Gasteiger partial charge in [0.25, 0.3) is 0 Å². The lowest BCUT2D eigenvalue weighted by molar-refractivity contribution is 0.622. The van der Waals surface area contributed by atoms with E-state index in [0.29, 0.717) is 28.7 Å². The van der Waals surface area contributed by atoms with Crippen molar-refractivity contribution < 1.29 is 0 Å². The molecule has 0 radical (unpaired) electrons. The van der Waals surface area contributed by atoms with E-state index in [-0.39, 0.29) is 0 Å². The van der Waals surface area contributed by atoms with Crippen LogP contribution in [0.5, 0.6) is 0 Å². The first-order valence-electron chi connectivity index (χ1n) is 5.42. The molecule has 0 aliphatic carbocycles. The minimum absolute atomic E-state index is 0.373. The standard InChI is InChI=1S/C12H10Cl2N4/c1-2-12-11(6-15)16-17-18(12)7-8-3-4-9(13)10(14)5-8/h3-5H,2,7H2,1H3. The first-order chi connectivity index (χ1) is 8.65. The van der Waals surface area contributed by atoms with Gasteiger partial charge in [-0.05, 0) is 24.1 Å². The zero-order valence-electron chi connectivity index (χ0n) is 9.69. The molecule has 1 aromatic carbocycles. The van der Waals surface area contributed by atoms with Gasteiger partial charge in [0.15, 0.2) is 5.69 Å². The van der Waals surface area contributed by atoms with Gasteiger partial charge >= 0.3 is 0 Å². The number of halogens is 2. The summed E-state index contributed by atoms with van der Waals surface area (Å²) in [5, 5.41) is 17.7. The third-order valence-corrected chi connectivity index (χ3v) is 3.33. The highest BCUT2D eigenvalue weighted by Gasteiger charge is 2.11. The summed E-state index contributed by atoms with van der Waals surface area (Å²) in [4.78, 5) is 0. The van der Waals surface area contributed by atoms with Crippen molar-refractivity contribution in [2.75, 3.05) is 0 Å². The maximum atomic E-state index is 8.91. The molecule has 0 fully saturated rings. The Kier molecular flexibility index (Phi) is 3.85. The summed E-state index contributed by atoms with van der Waals surface area (Å²) >= 11 is 11.8. The van der Waals surface area contributed by atoms with Gasteiger partial charge in [0.2, 0.25) is 0 Å². The highest BCUT2D eigenvalue weighted by Crippen LogP contribution is 2.23. The van der Waals surface area contributed by atoms with Gasteiger partial charge in [-0.2, -0.15) is 5.26 Å². The van der Waals surface area contributed by atoms with Crippen molar-refractivity contribution in [3.8, 4) is 6.07 Å². The Balaban J connectivity index is 2.31. The molecule has 0 N–H and O–H groups in total. The molecule has 0 amide bonds. The van der Waals surface area contributed by atoms with E-state index in [1.165, 1.54) is 0 Å². The molecule has 1 heterocycles. The maximum absolute atomic E-state index is 8.91. The Morgan fingerprint density at radius 1 is 1.33 bits per heavy atom. The first-order valence-corrected chi connectivity index (χ1v) is 6.17. The molecule has 0 bridgehead atoms. The zero-order chi connectivity index (χ0) is 13.1. The van der Waals surface area contributed by atoms with Crippen LogP contribution in [0.4, 0.5) is 0 Å². The summed E-state index contributed by atoms with van der Waals surface area (Å²) in [5.74, 6) is 0. The van der Waals surface area contributed by atoms with Crippen LogP contribution in [0.15, 0.2) is 18.2 Å². The van der Waals surface area contributed by atoms with Crippen LogP contribution >= 0.6 is 23.2 Å². The van der Waals surface area contributed by atoms with Gasteiger partial charge in [-0.3, -0.25) is 0 Å². The molecule has 0 aliphatic heterocycles. The van der Waals surface area contributed by atoms with E-state index >= 15 is 0 Å². The molecule has 4 nitrogen and oxygen atoms in total. The molecule has 0 aliphatic rings. The Labute approximate surface area is 115 Å². The van der Waals surface area contributed by atoms with Crippen LogP contribution in [-0.2, 0) is 13.0 Å². The van der Waals surface area contributed by atoms with Crippen molar-refractivity contribution in [2.45, 2.75) is 19.9 Å². The van der Waals surface area contributed by atoms with Crippen molar-refractivity contribution >= 4 is 23.2 Å². The number of nitriles is 1. The second-order valence-electron chi connectivity index (χ2n) is 3.76. The van der Waals surface area contributed by atoms with Gasteiger partial charge in [-0.15, -0.1) is 5.10 Å². The van der Waals surface area contributed by atoms with Crippen LogP contribution in [0.1, 0.15) is 23.9 Å². The SMILES string of the molecule is CCc1c(C#N)nnn1Cc1ccc(Cl)c(Cl)c1. The quantitative estimate of drug-likeness (QED) is 0.868. The predicted octanol–water partition coefficient (Wildman–Crippen LogP) is 3.07. The monoisotopic (exact) mass is 280 g/mol. The molecular formula is C12H10Cl2N4. The Morgan fingerprint density at radius 3 is 2.72 bits per heavy atom. The van der Waals surface area contributed by atoms with E-state index in [1.807, 2.05) is 19.1 Å². The molecule has 2 aromatic rings. The van der Waals surface area contributed by atoms with E-state index in [1.54, 1.807) is 16.8 Å². The van der Waals surface area contributed by atoms with E-state index in [2.05, 4.69) is 10.3 Å². The van der Waals surface area contributed by atoms with E-state index < -0.39 is 0 Å². The topological polar surface area (TPSA) is 54.5 Å². The fourth-order valence-electron chi connectivity index (χ4n) is 1.71. The van der Waals surface area contributed by atoms with Crippen LogP contribution < -0.4 is 0 Å². The molecule has 0 saturated carbocycles. The number of hydrogen-bond acceptors (Lipinski definition) is 3. The van der Waals surface area contributed by atoms with Gasteiger partial charge in [-0.1, -0.05) is 41.4 Å². The average molecular weight is 281 g/mol. The van der Waals surface area contributed by atoms with Crippen LogP contribution in [0.2, 0.25) is 10.0 Å². The number of rotatable bonds is 3. The fourth-order valence-corrected chi connectivity index (χ4v) is 2.03. The molecule has 0 atom stereocenters. The molecule has 92 valence electrons. The molecule has 6 heteroatoms. The lowest BCUT2D eigenvalue weighted by Gasteiger charge is -2.06. The number of hydrogen-bond donors (Lipinski definition) is 0. The molecular weight excluding hydrogens is 271 g/mol. The Hall–Kier alpha value is -1.57. The predicted molar refractivity (Wildman–Crippen MR) is 69.7 cm³/mol. The maximum Gasteiger partial charge on any atom is 0.185 e. The summed E-state index contributed by atoms with van der Waals surface area (Å²) < 4.78 is 1.71. The minimum Gasteiger partial charge on any atom is -0.244 e. The van der Waals surface area contributed by atoms with Crippen molar-refractivity contribution in [2.24, 2.45) is 0 Å². The highest BCUT2D eigenvalue weighted by molar-refractivity contribution is 6.42. The van der Waals surface area contributed by atoms with Crippen molar-refractivity contribution in [3.63, 3.8) is 0 Å². The van der Waals surface area contributed by atoms with E-state index in [0.717, 1.165) is 11.3 Å². The van der Waals surface area contributed by atoms with Crippen molar-refractivity contribution in [1.29, 1.82) is 5.26 Å². The Morgan fingerprint density at radius 2 is 2.11 bits per heavy atom. The van der Waals surface area contributed by atoms with E-state index in [4.69, 9.17) is 28.5 Å². The van der Waals surface area contributed by atoms with Gasteiger partial charge in [-0.25, -0.2) is 4.68 Å². The largest absolute Gasteiger partial charge is 0.244 e. The summed E-state index contributed by atoms with van der Waals surface area (Å²) in [5.41, 5.74) is 2.16. The molecule has 0 unspecified atom stereocenters. The summed E-state index contributed by atoms with van der Waals surface area (Å²) in [6, 6.07) is 7.44. The van der Waals surface area contributed by atoms with Gasteiger partial charge < -0.3 is 0 Å². The van der Waals surface area contributed by atoms with Gasteiger partial charge in [0, 0.05) is 0 Å². The zero-order valence-corrected chi connectivity index (χ0v) is 11.2. The summed E-state index contributed by atoms with van der Waals surface area (Å²) in [6.45, 7) is 2.49. The molecule has 18 heavy (non-hydrogen) atoms. The number of nitrogens with zero attached hydrogens (tertiary/aromatic N) is 4. The Bertz CT molecular complexity index is 613. The molecule has 0 spiro atoms. The highest BCUT2D eigenvalue weighted by atomic mass is 35.5. The second kappa shape index (κ2) is 5.38. The van der Waals surface area contributed by atoms with Crippen molar-refractivity contribution in [3.05, 3.63) is 45.2 Å². The second-order valence-corrected chi connectivity index (χ2v) is 4.57. The molecule has 1 aromatic heterocycles. The van der Waals surface area contributed by atoms with Crippen molar-refractivity contribution in [1.82, 2.24) is 15.0 Å². The fraction of sp³-hybridized carbons (Fsp3) is 0.250. The third kappa shape index (κ3) is 2.47. The number of benzene rings is 1. The first kappa shape index (κ1) is 12.9. The lowest BCUT2D eigenvalue weighted by Crippen LogP contribution is -2.06. The third-order valence-electron chi connectivity index (χ3n) is 2.59. The van der Waals surface area contributed by atoms with Gasteiger partial charge in [0.05, 0.1) is 22.3 Å². The van der Waals surface area contributed by atoms with Crippen LogP contribution in [-0.4, -0.2) is 15.0 Å². The van der Waals surface area contributed by atoms with Crippen LogP contribution in [0.3, 0.4) is 0 Å². The van der Waals surface area contributed by atoms with E-state index in [9.17, 15) is 0 Å². The van der Waals surface area contributed by atoms with Crippen LogP contribution in [0.25, 0.3) is 0 Å². The summed E-state index contributed by atoms with van der Waals surface area (Å²) in [7, 11) is 0. The smallest absolute Gasteiger partial charge is 0.185 e. The summed E-state index contributed by atoms with van der Waals surface area (Å²) in [6.07, 6.45) is 0.706. The average Bonchev–Trinajstić information content (AvgIpc) is 2.75. The minimum atomic E-state index is 0.373. The number of aromatic nitrogens is 3. The lowest BCUT2D eigenvalue weighted by atomic mass is 10.2. The normalized spacial score (nSPS) is 10.3. The molecule has 0 saturated heterocycles. The van der Waals surface area contributed by atoms with Crippen LogP contribution in [0, 0.1) is 11.3 Å². The molecule has 2 rings (SSSR count). The van der Waals surface area contributed by atoms with Gasteiger partial charge in [0.1, 0.15) is 6.07 Å².